The van der Waals surface area contributed by atoms with E-state index in [1.54, 1.807) is 0 Å². The van der Waals surface area contributed by atoms with Gasteiger partial charge in [0.15, 0.2) is 0 Å². The minimum absolute atomic E-state index is 0.280. The van der Waals surface area contributed by atoms with E-state index in [4.69, 9.17) is 4.99 Å². The second-order valence-electron chi connectivity index (χ2n) is 9.21. The molecule has 3 aliphatic rings. The van der Waals surface area contributed by atoms with Gasteiger partial charge in [-0.3, -0.25) is 19.7 Å². The van der Waals surface area contributed by atoms with E-state index in [2.05, 4.69) is 46.8 Å². The van der Waals surface area contributed by atoms with Gasteiger partial charge in [0.1, 0.15) is 0 Å². The van der Waals surface area contributed by atoms with Crippen molar-refractivity contribution in [1.29, 1.82) is 0 Å². The van der Waals surface area contributed by atoms with Crippen LogP contribution in [0, 0.1) is 6.92 Å². The SMILES string of the molecule is Cc1cc(C2=NCc3cc4c(cc32)CN([C@@H]2CCCN(C(C)C)C2)C(=O)C4)ccn1. The van der Waals surface area contributed by atoms with E-state index in [0.29, 0.717) is 25.0 Å². The molecular weight excluding hydrogens is 372 g/mol. The highest BCUT2D eigenvalue weighted by atomic mass is 16.2. The summed E-state index contributed by atoms with van der Waals surface area (Å²) in [5.74, 6) is 0.280. The molecule has 156 valence electrons. The molecule has 0 spiro atoms. The number of aryl methyl sites for hydroxylation is 1. The summed E-state index contributed by atoms with van der Waals surface area (Å²) in [6.45, 7) is 10.1. The Balaban J connectivity index is 1.43. The standard InChI is InChI=1S/C25H30N4O/c1-16(2)28-8-4-5-22(15-28)29-14-21-11-23-20(10-19(21)12-24(29)30)13-27-25(23)18-6-7-26-17(3)9-18/h6-7,9-11,16,22H,4-5,8,12-15H2,1-3H3/t22-/m1/s1. The van der Waals surface area contributed by atoms with Gasteiger partial charge in [-0.15, -0.1) is 0 Å². The molecule has 0 radical (unpaired) electrons. The van der Waals surface area contributed by atoms with Crippen LogP contribution in [0.4, 0.5) is 0 Å². The van der Waals surface area contributed by atoms with E-state index in [1.807, 2.05) is 19.2 Å². The molecule has 5 heteroatoms. The third-order valence-corrected chi connectivity index (χ3v) is 6.86. The summed E-state index contributed by atoms with van der Waals surface area (Å²) in [5, 5.41) is 0. The number of amides is 1. The minimum Gasteiger partial charge on any atom is -0.334 e. The van der Waals surface area contributed by atoms with Crippen molar-refractivity contribution >= 4 is 11.6 Å². The fourth-order valence-corrected chi connectivity index (χ4v) is 5.17. The van der Waals surface area contributed by atoms with Crippen molar-refractivity contribution in [2.45, 2.75) is 65.2 Å². The number of rotatable bonds is 3. The van der Waals surface area contributed by atoms with Gasteiger partial charge < -0.3 is 4.90 Å². The van der Waals surface area contributed by atoms with Crippen LogP contribution in [-0.2, 0) is 24.3 Å². The number of fused-ring (bicyclic) bond motifs is 2. The number of benzene rings is 1. The first-order valence-electron chi connectivity index (χ1n) is 11.2. The summed E-state index contributed by atoms with van der Waals surface area (Å²) in [7, 11) is 0. The van der Waals surface area contributed by atoms with Gasteiger partial charge >= 0.3 is 0 Å². The number of hydrogen-bond donors (Lipinski definition) is 0. The number of aliphatic imine (C=N–C) groups is 1. The summed E-state index contributed by atoms with van der Waals surface area (Å²) in [5.41, 5.74) is 8.13. The summed E-state index contributed by atoms with van der Waals surface area (Å²) < 4.78 is 0. The fraction of sp³-hybridized carbons (Fsp3) is 0.480. The highest BCUT2D eigenvalue weighted by Crippen LogP contribution is 2.32. The van der Waals surface area contributed by atoms with Crippen molar-refractivity contribution in [2.24, 2.45) is 4.99 Å². The Labute approximate surface area is 178 Å². The zero-order valence-electron chi connectivity index (χ0n) is 18.2. The third-order valence-electron chi connectivity index (χ3n) is 6.86. The normalized spacial score (nSPS) is 21.6. The Bertz CT molecular complexity index is 1030. The molecule has 5 nitrogen and oxygen atoms in total. The van der Waals surface area contributed by atoms with Crippen LogP contribution in [0.3, 0.4) is 0 Å². The van der Waals surface area contributed by atoms with Gasteiger partial charge in [-0.1, -0.05) is 6.07 Å². The minimum atomic E-state index is 0.280. The molecule has 1 amide bonds. The van der Waals surface area contributed by atoms with Crippen LogP contribution in [0.15, 0.2) is 35.5 Å². The quantitative estimate of drug-likeness (QED) is 0.790. The Kier molecular flexibility index (Phi) is 4.94. The maximum absolute atomic E-state index is 13.0. The summed E-state index contributed by atoms with van der Waals surface area (Å²) in [4.78, 5) is 26.8. The molecule has 1 saturated heterocycles. The van der Waals surface area contributed by atoms with Crippen molar-refractivity contribution in [3.63, 3.8) is 0 Å². The third kappa shape index (κ3) is 3.45. The molecule has 1 aromatic carbocycles. The van der Waals surface area contributed by atoms with Gasteiger partial charge in [-0.25, -0.2) is 0 Å². The van der Waals surface area contributed by atoms with E-state index in [1.165, 1.54) is 28.7 Å². The topological polar surface area (TPSA) is 48.8 Å². The number of hydrogen-bond acceptors (Lipinski definition) is 4. The molecule has 5 rings (SSSR count). The molecule has 0 N–H and O–H groups in total. The summed E-state index contributed by atoms with van der Waals surface area (Å²) in [6, 6.07) is 9.53. The van der Waals surface area contributed by atoms with Crippen LogP contribution in [0.2, 0.25) is 0 Å². The van der Waals surface area contributed by atoms with Gasteiger partial charge in [0.2, 0.25) is 5.91 Å². The average molecular weight is 403 g/mol. The molecule has 3 aliphatic heterocycles. The number of piperidine rings is 1. The van der Waals surface area contributed by atoms with E-state index in [9.17, 15) is 4.79 Å². The Morgan fingerprint density at radius 2 is 2.00 bits per heavy atom. The van der Waals surface area contributed by atoms with Gasteiger partial charge in [0.05, 0.1) is 18.7 Å². The Morgan fingerprint density at radius 3 is 2.80 bits per heavy atom. The molecule has 1 aromatic heterocycles. The van der Waals surface area contributed by atoms with Crippen molar-refractivity contribution in [2.75, 3.05) is 13.1 Å². The molecule has 0 unspecified atom stereocenters. The summed E-state index contributed by atoms with van der Waals surface area (Å²) in [6.07, 6.45) is 4.65. The molecule has 30 heavy (non-hydrogen) atoms. The van der Waals surface area contributed by atoms with E-state index < -0.39 is 0 Å². The van der Waals surface area contributed by atoms with Gasteiger partial charge in [0, 0.05) is 48.2 Å². The molecule has 0 aliphatic carbocycles. The highest BCUT2D eigenvalue weighted by molar-refractivity contribution is 6.15. The number of aromatic nitrogens is 1. The first-order valence-corrected chi connectivity index (χ1v) is 11.2. The van der Waals surface area contributed by atoms with Gasteiger partial charge in [-0.05, 0) is 75.0 Å². The zero-order chi connectivity index (χ0) is 20.8. The maximum atomic E-state index is 13.0. The monoisotopic (exact) mass is 402 g/mol. The van der Waals surface area contributed by atoms with Gasteiger partial charge in [-0.2, -0.15) is 0 Å². The lowest BCUT2D eigenvalue weighted by molar-refractivity contribution is -0.135. The van der Waals surface area contributed by atoms with Crippen LogP contribution in [0.1, 0.15) is 60.2 Å². The Morgan fingerprint density at radius 1 is 1.13 bits per heavy atom. The predicted molar refractivity (Wildman–Crippen MR) is 119 cm³/mol. The second kappa shape index (κ2) is 7.62. The lowest BCUT2D eigenvalue weighted by Crippen LogP contribution is -2.53. The molecule has 0 saturated carbocycles. The van der Waals surface area contributed by atoms with Crippen LogP contribution < -0.4 is 0 Å². The molecule has 1 atom stereocenters. The lowest BCUT2D eigenvalue weighted by Gasteiger charge is -2.42. The van der Waals surface area contributed by atoms with E-state index in [0.717, 1.165) is 43.0 Å². The second-order valence-corrected chi connectivity index (χ2v) is 9.21. The number of nitrogens with zero attached hydrogens (tertiary/aromatic N) is 4. The molecule has 4 heterocycles. The zero-order valence-corrected chi connectivity index (χ0v) is 18.2. The maximum Gasteiger partial charge on any atom is 0.227 e. The van der Waals surface area contributed by atoms with Crippen molar-refractivity contribution in [1.82, 2.24) is 14.8 Å². The fourth-order valence-electron chi connectivity index (χ4n) is 5.17. The molecule has 0 bridgehead atoms. The average Bonchev–Trinajstić information content (AvgIpc) is 3.14. The lowest BCUT2D eigenvalue weighted by atomic mass is 9.90. The van der Waals surface area contributed by atoms with Crippen LogP contribution in [-0.4, -0.2) is 51.6 Å². The first-order chi connectivity index (χ1) is 14.5. The van der Waals surface area contributed by atoms with Crippen molar-refractivity contribution < 1.29 is 4.79 Å². The number of carbonyl (C=O) groups is 1. The first kappa shape index (κ1) is 19.4. The molecular formula is C25H30N4O. The Hall–Kier alpha value is -2.53. The van der Waals surface area contributed by atoms with Crippen molar-refractivity contribution in [3.05, 3.63) is 64.0 Å². The number of likely N-dealkylation sites (tertiary alicyclic amines) is 1. The number of pyridine rings is 1. The predicted octanol–water partition coefficient (Wildman–Crippen LogP) is 3.50. The van der Waals surface area contributed by atoms with Crippen molar-refractivity contribution in [3.8, 4) is 0 Å². The van der Waals surface area contributed by atoms with Crippen LogP contribution in [0.5, 0.6) is 0 Å². The van der Waals surface area contributed by atoms with E-state index in [-0.39, 0.29) is 5.91 Å². The smallest absolute Gasteiger partial charge is 0.227 e. The highest BCUT2D eigenvalue weighted by Gasteiger charge is 2.33. The van der Waals surface area contributed by atoms with Gasteiger partial charge in [0.25, 0.3) is 0 Å². The molecule has 1 fully saturated rings. The number of carbonyl (C=O) groups excluding carboxylic acids is 1. The molecule has 2 aromatic rings. The van der Waals surface area contributed by atoms with E-state index >= 15 is 0 Å². The van der Waals surface area contributed by atoms with Crippen LogP contribution in [0.25, 0.3) is 0 Å². The van der Waals surface area contributed by atoms with Crippen LogP contribution >= 0.6 is 0 Å². The summed E-state index contributed by atoms with van der Waals surface area (Å²) >= 11 is 0. The largest absolute Gasteiger partial charge is 0.334 e.